The van der Waals surface area contributed by atoms with E-state index in [1.54, 1.807) is 4.90 Å². The minimum Gasteiger partial charge on any atom is -0.465 e. The largest absolute Gasteiger partial charge is 0.465 e. The van der Waals surface area contributed by atoms with E-state index in [0.29, 0.717) is 26.3 Å². The van der Waals surface area contributed by atoms with Crippen LogP contribution in [0.15, 0.2) is 0 Å². The number of hydrogen-bond donors (Lipinski definition) is 2. The van der Waals surface area contributed by atoms with Gasteiger partial charge in [-0.25, -0.2) is 4.79 Å². The molecule has 0 radical (unpaired) electrons. The van der Waals surface area contributed by atoms with Gasteiger partial charge in [-0.05, 0) is 25.1 Å². The summed E-state index contributed by atoms with van der Waals surface area (Å²) in [6, 6.07) is 0.402. The first kappa shape index (κ1) is 21.6. The molecule has 0 unspecified atom stereocenters. The smallest absolute Gasteiger partial charge is 0.407 e. The van der Waals surface area contributed by atoms with Gasteiger partial charge in [-0.2, -0.15) is 0 Å². The van der Waals surface area contributed by atoms with Crippen LogP contribution >= 0.6 is 0 Å². The van der Waals surface area contributed by atoms with Gasteiger partial charge in [0.2, 0.25) is 0 Å². The van der Waals surface area contributed by atoms with Crippen molar-refractivity contribution in [3.63, 3.8) is 0 Å². The lowest BCUT2D eigenvalue weighted by Gasteiger charge is -2.43. The summed E-state index contributed by atoms with van der Waals surface area (Å²) in [7, 11) is -1.79. The maximum atomic E-state index is 11.4. The van der Waals surface area contributed by atoms with Crippen molar-refractivity contribution >= 4 is 14.4 Å². The molecule has 0 aromatic carbocycles. The zero-order valence-electron chi connectivity index (χ0n) is 17.2. The molecule has 0 saturated carbocycles. The maximum Gasteiger partial charge on any atom is 0.407 e. The van der Waals surface area contributed by atoms with E-state index in [0.717, 1.165) is 19.7 Å². The lowest BCUT2D eigenvalue weighted by atomic mass is 10.1. The van der Waals surface area contributed by atoms with Crippen LogP contribution in [-0.2, 0) is 9.16 Å². The molecule has 7 nitrogen and oxygen atoms in total. The second-order valence-corrected chi connectivity index (χ2v) is 14.0. The molecule has 2 N–H and O–H groups in total. The molecule has 2 aliphatic rings. The number of amides is 1. The van der Waals surface area contributed by atoms with Crippen LogP contribution in [0.3, 0.4) is 0 Å². The molecule has 0 bridgehead atoms. The highest BCUT2D eigenvalue weighted by atomic mass is 28.4. The number of ether oxygens (including phenoxy) is 1. The fourth-order valence-corrected chi connectivity index (χ4v) is 4.25. The second-order valence-electron chi connectivity index (χ2n) is 9.18. The summed E-state index contributed by atoms with van der Waals surface area (Å²) in [5, 5.41) is 13.1. The van der Waals surface area contributed by atoms with Crippen LogP contribution in [0.25, 0.3) is 0 Å². The number of nitrogens with zero attached hydrogens (tertiary/aromatic N) is 2. The van der Waals surface area contributed by atoms with Gasteiger partial charge in [0.05, 0.1) is 25.9 Å². The highest BCUT2D eigenvalue weighted by Gasteiger charge is 2.39. The number of carboxylic acid groups (broad SMARTS) is 1. The molecule has 152 valence electrons. The summed E-state index contributed by atoms with van der Waals surface area (Å²) in [4.78, 5) is 15.4. The van der Waals surface area contributed by atoms with Crippen molar-refractivity contribution in [1.29, 1.82) is 0 Å². The van der Waals surface area contributed by atoms with Gasteiger partial charge in [0.25, 0.3) is 0 Å². The third-order valence-corrected chi connectivity index (χ3v) is 10.6. The Labute approximate surface area is 159 Å². The Morgan fingerprint density at radius 2 is 2.08 bits per heavy atom. The van der Waals surface area contributed by atoms with Crippen LogP contribution in [0, 0.1) is 0 Å². The van der Waals surface area contributed by atoms with Gasteiger partial charge in [-0.1, -0.05) is 20.8 Å². The standard InChI is InChI=1S/C18H37N3O4Si/c1-14-9-19-15(11-21(14)17(22)23)10-20-7-8-24-12-16(20)13-25-26(5,6)18(2,3)4/h14-16,19H,7-13H2,1-6H3,(H,22,23)/t14-,15+,16+/m1/s1. The molecular formula is C18H37N3O4Si. The fourth-order valence-electron chi connectivity index (χ4n) is 3.21. The summed E-state index contributed by atoms with van der Waals surface area (Å²) in [5.41, 5.74) is 0. The van der Waals surface area contributed by atoms with Gasteiger partial charge in [-0.15, -0.1) is 0 Å². The molecule has 2 aliphatic heterocycles. The van der Waals surface area contributed by atoms with Crippen LogP contribution in [0.5, 0.6) is 0 Å². The lowest BCUT2D eigenvalue weighted by molar-refractivity contribution is -0.0323. The number of rotatable bonds is 5. The minimum atomic E-state index is -1.79. The van der Waals surface area contributed by atoms with E-state index in [1.807, 2.05) is 6.92 Å². The highest BCUT2D eigenvalue weighted by Crippen LogP contribution is 2.36. The Bertz CT molecular complexity index is 484. The number of morpholine rings is 1. The number of piperazine rings is 1. The second kappa shape index (κ2) is 8.56. The topological polar surface area (TPSA) is 74.3 Å². The molecule has 8 heteroatoms. The van der Waals surface area contributed by atoms with Crippen molar-refractivity contribution in [3.05, 3.63) is 0 Å². The van der Waals surface area contributed by atoms with Crippen LogP contribution in [0.2, 0.25) is 18.1 Å². The third kappa shape index (κ3) is 5.42. The molecule has 2 heterocycles. The van der Waals surface area contributed by atoms with Crippen molar-refractivity contribution in [2.75, 3.05) is 46.0 Å². The van der Waals surface area contributed by atoms with Crippen molar-refractivity contribution in [3.8, 4) is 0 Å². The minimum absolute atomic E-state index is 0.0196. The van der Waals surface area contributed by atoms with Crippen LogP contribution in [-0.4, -0.2) is 93.4 Å². The average molecular weight is 388 g/mol. The van der Waals surface area contributed by atoms with Crippen molar-refractivity contribution in [1.82, 2.24) is 15.1 Å². The predicted molar refractivity (Wildman–Crippen MR) is 105 cm³/mol. The first-order valence-electron chi connectivity index (χ1n) is 9.70. The van der Waals surface area contributed by atoms with E-state index < -0.39 is 14.4 Å². The predicted octanol–water partition coefficient (Wildman–Crippen LogP) is 2.05. The van der Waals surface area contributed by atoms with E-state index in [9.17, 15) is 9.90 Å². The zero-order valence-corrected chi connectivity index (χ0v) is 18.2. The van der Waals surface area contributed by atoms with E-state index in [2.05, 4.69) is 44.1 Å². The lowest BCUT2D eigenvalue weighted by Crippen LogP contribution is -2.62. The molecule has 0 spiro atoms. The van der Waals surface area contributed by atoms with Crippen LogP contribution in [0.1, 0.15) is 27.7 Å². The first-order valence-corrected chi connectivity index (χ1v) is 12.6. The molecule has 0 aromatic rings. The number of hydrogen-bond acceptors (Lipinski definition) is 5. The molecular weight excluding hydrogens is 350 g/mol. The fraction of sp³-hybridized carbons (Fsp3) is 0.944. The number of nitrogens with one attached hydrogen (secondary N) is 1. The first-order chi connectivity index (χ1) is 12.0. The summed E-state index contributed by atoms with van der Waals surface area (Å²) in [5.74, 6) is 0. The van der Waals surface area contributed by atoms with E-state index in [4.69, 9.17) is 9.16 Å². The number of carbonyl (C=O) groups is 1. The molecule has 0 aromatic heterocycles. The summed E-state index contributed by atoms with van der Waals surface area (Å²) < 4.78 is 12.1. The molecule has 3 atom stereocenters. The van der Waals surface area contributed by atoms with Gasteiger partial charge in [-0.3, -0.25) is 4.90 Å². The van der Waals surface area contributed by atoms with Gasteiger partial charge in [0.1, 0.15) is 0 Å². The van der Waals surface area contributed by atoms with Crippen LogP contribution in [0.4, 0.5) is 4.79 Å². The maximum absolute atomic E-state index is 11.4. The Balaban J connectivity index is 1.93. The molecule has 2 rings (SSSR count). The van der Waals surface area contributed by atoms with E-state index in [1.165, 1.54) is 0 Å². The van der Waals surface area contributed by atoms with Crippen LogP contribution < -0.4 is 5.32 Å². The summed E-state index contributed by atoms with van der Waals surface area (Å²) >= 11 is 0. The summed E-state index contributed by atoms with van der Waals surface area (Å²) in [6.07, 6.45) is -0.830. The van der Waals surface area contributed by atoms with Gasteiger partial charge in [0.15, 0.2) is 8.32 Å². The Morgan fingerprint density at radius 3 is 2.69 bits per heavy atom. The summed E-state index contributed by atoms with van der Waals surface area (Å²) in [6.45, 7) is 18.3. The van der Waals surface area contributed by atoms with Crippen molar-refractivity contribution < 1.29 is 19.1 Å². The van der Waals surface area contributed by atoms with Gasteiger partial charge in [0, 0.05) is 38.3 Å². The van der Waals surface area contributed by atoms with E-state index >= 15 is 0 Å². The van der Waals surface area contributed by atoms with Gasteiger partial charge >= 0.3 is 6.09 Å². The van der Waals surface area contributed by atoms with Crippen molar-refractivity contribution in [2.45, 2.75) is 64.0 Å². The molecule has 26 heavy (non-hydrogen) atoms. The molecule has 2 saturated heterocycles. The quantitative estimate of drug-likeness (QED) is 0.704. The zero-order chi connectivity index (χ0) is 19.5. The Hall–Kier alpha value is -0.673. The third-order valence-electron chi connectivity index (χ3n) is 6.14. The Kier molecular flexibility index (Phi) is 7.12. The Morgan fingerprint density at radius 1 is 1.38 bits per heavy atom. The van der Waals surface area contributed by atoms with Gasteiger partial charge < -0.3 is 24.5 Å². The van der Waals surface area contributed by atoms with Crippen molar-refractivity contribution in [2.24, 2.45) is 0 Å². The monoisotopic (exact) mass is 387 g/mol. The normalized spacial score (nSPS) is 29.0. The molecule has 1 amide bonds. The highest BCUT2D eigenvalue weighted by molar-refractivity contribution is 6.74. The van der Waals surface area contributed by atoms with E-state index in [-0.39, 0.29) is 23.2 Å². The molecule has 2 fully saturated rings. The SMILES string of the molecule is C[C@@H]1CN[C@@H](CN2CCOC[C@H]2CO[Si](C)(C)C(C)(C)C)CN1C(=O)O. The average Bonchev–Trinajstić information content (AvgIpc) is 2.54. The molecule has 0 aliphatic carbocycles.